The topological polar surface area (TPSA) is 90.2 Å². The summed E-state index contributed by atoms with van der Waals surface area (Å²) in [4.78, 5) is 18.6. The van der Waals surface area contributed by atoms with Crippen LogP contribution in [0.1, 0.15) is 19.4 Å². The van der Waals surface area contributed by atoms with Gasteiger partial charge < -0.3 is 10.1 Å². The smallest absolute Gasteiger partial charge is 0.269 e. The summed E-state index contributed by atoms with van der Waals surface area (Å²) in [5.41, 5.74) is 0.843. The molecule has 0 aliphatic carbocycles. The molecule has 0 unspecified atom stereocenters. The van der Waals surface area contributed by atoms with Gasteiger partial charge in [-0.2, -0.15) is 4.98 Å². The number of nitro groups is 1. The molecule has 1 aromatic carbocycles. The molecule has 2 aromatic rings. The summed E-state index contributed by atoms with van der Waals surface area (Å²) < 4.78 is 5.48. The van der Waals surface area contributed by atoms with E-state index in [0.29, 0.717) is 18.4 Å². The van der Waals surface area contributed by atoms with Crippen molar-refractivity contribution in [2.24, 2.45) is 0 Å². The zero-order valence-electron chi connectivity index (χ0n) is 11.8. The number of anilines is 1. The molecule has 0 saturated heterocycles. The van der Waals surface area contributed by atoms with Crippen molar-refractivity contribution < 1.29 is 9.66 Å². The molecule has 1 heterocycles. The molecule has 0 aliphatic heterocycles. The Balaban J connectivity index is 2.02. The fraction of sp³-hybridized carbons (Fsp3) is 0.286. The van der Waals surface area contributed by atoms with E-state index in [-0.39, 0.29) is 11.8 Å². The van der Waals surface area contributed by atoms with E-state index >= 15 is 0 Å². The third-order valence-electron chi connectivity index (χ3n) is 2.56. The van der Waals surface area contributed by atoms with Crippen LogP contribution in [0.5, 0.6) is 5.88 Å². The maximum Gasteiger partial charge on any atom is 0.269 e. The van der Waals surface area contributed by atoms with Gasteiger partial charge in [0.15, 0.2) is 0 Å². The first-order valence-electron chi connectivity index (χ1n) is 6.51. The quantitative estimate of drug-likeness (QED) is 0.649. The molecule has 0 bridgehead atoms. The molecule has 7 heteroatoms. The number of benzene rings is 1. The van der Waals surface area contributed by atoms with Gasteiger partial charge in [0.05, 0.1) is 11.0 Å². The van der Waals surface area contributed by atoms with Gasteiger partial charge in [0.1, 0.15) is 0 Å². The number of hydrogen-bond acceptors (Lipinski definition) is 6. The van der Waals surface area contributed by atoms with Crippen molar-refractivity contribution in [3.63, 3.8) is 0 Å². The summed E-state index contributed by atoms with van der Waals surface area (Å²) in [5, 5.41) is 13.7. The molecule has 0 spiro atoms. The van der Waals surface area contributed by atoms with Crippen LogP contribution in [0.2, 0.25) is 0 Å². The number of nitrogens with one attached hydrogen (secondary N) is 1. The van der Waals surface area contributed by atoms with Gasteiger partial charge in [-0.1, -0.05) is 12.1 Å². The summed E-state index contributed by atoms with van der Waals surface area (Å²) in [6.45, 7) is 4.23. The third-order valence-corrected chi connectivity index (χ3v) is 2.56. The average molecular weight is 288 g/mol. The Kier molecular flexibility index (Phi) is 4.65. The highest BCUT2D eigenvalue weighted by atomic mass is 16.6. The molecule has 7 nitrogen and oxygen atoms in total. The fourth-order valence-corrected chi connectivity index (χ4v) is 1.70. The number of hydrogen-bond donors (Lipinski definition) is 1. The van der Waals surface area contributed by atoms with Gasteiger partial charge in [-0.05, 0) is 19.4 Å². The molecule has 0 saturated carbocycles. The van der Waals surface area contributed by atoms with Gasteiger partial charge in [-0.25, -0.2) is 4.98 Å². The van der Waals surface area contributed by atoms with E-state index in [0.717, 1.165) is 5.56 Å². The van der Waals surface area contributed by atoms with Crippen molar-refractivity contribution in [1.82, 2.24) is 9.97 Å². The van der Waals surface area contributed by atoms with Gasteiger partial charge >= 0.3 is 0 Å². The van der Waals surface area contributed by atoms with Crippen molar-refractivity contribution in [2.75, 3.05) is 5.32 Å². The second-order valence-electron chi connectivity index (χ2n) is 4.67. The minimum absolute atomic E-state index is 0.0320. The SMILES string of the molecule is CC(C)Oc1ccnc(NCc2cccc([N+](=O)[O-])c2)n1. The standard InChI is InChI=1S/C14H16N4O3/c1-10(2)21-13-6-7-15-14(17-13)16-9-11-4-3-5-12(8-11)18(19)20/h3-8,10H,9H2,1-2H3,(H,15,16,17). The average Bonchev–Trinajstić information content (AvgIpc) is 2.45. The lowest BCUT2D eigenvalue weighted by atomic mass is 10.2. The van der Waals surface area contributed by atoms with Gasteiger partial charge in [-0.3, -0.25) is 10.1 Å². The van der Waals surface area contributed by atoms with Gasteiger partial charge in [0.2, 0.25) is 11.8 Å². The summed E-state index contributed by atoms with van der Waals surface area (Å²) in [6.07, 6.45) is 1.63. The highest BCUT2D eigenvalue weighted by molar-refractivity contribution is 5.36. The summed E-state index contributed by atoms with van der Waals surface area (Å²) in [6, 6.07) is 8.10. The van der Waals surface area contributed by atoms with Crippen LogP contribution in [0.4, 0.5) is 11.6 Å². The van der Waals surface area contributed by atoms with Crippen LogP contribution in [0.15, 0.2) is 36.5 Å². The van der Waals surface area contributed by atoms with Crippen molar-refractivity contribution in [3.05, 3.63) is 52.2 Å². The van der Waals surface area contributed by atoms with Crippen LogP contribution in [-0.4, -0.2) is 21.0 Å². The Morgan fingerprint density at radius 2 is 2.19 bits per heavy atom. The molecule has 2 rings (SSSR count). The fourth-order valence-electron chi connectivity index (χ4n) is 1.70. The second-order valence-corrected chi connectivity index (χ2v) is 4.67. The van der Waals surface area contributed by atoms with Crippen LogP contribution >= 0.6 is 0 Å². The van der Waals surface area contributed by atoms with E-state index in [1.54, 1.807) is 24.4 Å². The van der Waals surface area contributed by atoms with Crippen molar-refractivity contribution in [2.45, 2.75) is 26.5 Å². The van der Waals surface area contributed by atoms with Crippen LogP contribution in [0.25, 0.3) is 0 Å². The minimum atomic E-state index is -0.420. The Hall–Kier alpha value is -2.70. The van der Waals surface area contributed by atoms with E-state index < -0.39 is 4.92 Å². The Morgan fingerprint density at radius 1 is 1.38 bits per heavy atom. The third kappa shape index (κ3) is 4.41. The summed E-state index contributed by atoms with van der Waals surface area (Å²) in [5.74, 6) is 0.904. The maximum absolute atomic E-state index is 10.7. The van der Waals surface area contributed by atoms with E-state index in [2.05, 4.69) is 15.3 Å². The van der Waals surface area contributed by atoms with Crippen LogP contribution < -0.4 is 10.1 Å². The minimum Gasteiger partial charge on any atom is -0.475 e. The Bertz CT molecular complexity index is 631. The molecular formula is C14H16N4O3. The molecular weight excluding hydrogens is 272 g/mol. The molecule has 0 aliphatic rings. The molecule has 0 radical (unpaired) electrons. The summed E-state index contributed by atoms with van der Waals surface area (Å²) >= 11 is 0. The Morgan fingerprint density at radius 3 is 2.90 bits per heavy atom. The molecule has 0 amide bonds. The lowest BCUT2D eigenvalue weighted by molar-refractivity contribution is -0.384. The number of non-ortho nitro benzene ring substituents is 1. The first-order valence-corrected chi connectivity index (χ1v) is 6.51. The molecule has 21 heavy (non-hydrogen) atoms. The van der Waals surface area contributed by atoms with E-state index in [1.165, 1.54) is 12.1 Å². The molecule has 1 N–H and O–H groups in total. The first-order chi connectivity index (χ1) is 10.0. The largest absolute Gasteiger partial charge is 0.475 e. The van der Waals surface area contributed by atoms with Crippen LogP contribution in [-0.2, 0) is 6.54 Å². The van der Waals surface area contributed by atoms with Crippen molar-refractivity contribution in [1.29, 1.82) is 0 Å². The lowest BCUT2D eigenvalue weighted by Gasteiger charge is -2.10. The van der Waals surface area contributed by atoms with Crippen LogP contribution in [0.3, 0.4) is 0 Å². The molecule has 0 atom stereocenters. The second kappa shape index (κ2) is 6.65. The zero-order valence-corrected chi connectivity index (χ0v) is 11.8. The predicted octanol–water partition coefficient (Wildman–Crippen LogP) is 2.78. The van der Waals surface area contributed by atoms with Gasteiger partial charge in [0, 0.05) is 30.9 Å². The Labute approximate surface area is 122 Å². The van der Waals surface area contributed by atoms with E-state index in [9.17, 15) is 10.1 Å². The molecule has 110 valence electrons. The number of nitro benzene ring substituents is 1. The van der Waals surface area contributed by atoms with Crippen LogP contribution in [0, 0.1) is 10.1 Å². The van der Waals surface area contributed by atoms with E-state index in [1.807, 2.05) is 13.8 Å². The highest BCUT2D eigenvalue weighted by Gasteiger charge is 2.06. The van der Waals surface area contributed by atoms with Crippen molar-refractivity contribution >= 4 is 11.6 Å². The number of rotatable bonds is 6. The normalized spacial score (nSPS) is 10.4. The first kappa shape index (κ1) is 14.7. The lowest BCUT2D eigenvalue weighted by Crippen LogP contribution is -2.09. The molecule has 0 fully saturated rings. The van der Waals surface area contributed by atoms with Gasteiger partial charge in [-0.15, -0.1) is 0 Å². The summed E-state index contributed by atoms with van der Waals surface area (Å²) in [7, 11) is 0. The number of ether oxygens (including phenoxy) is 1. The van der Waals surface area contributed by atoms with E-state index in [4.69, 9.17) is 4.74 Å². The molecule has 1 aromatic heterocycles. The zero-order chi connectivity index (χ0) is 15.2. The highest BCUT2D eigenvalue weighted by Crippen LogP contribution is 2.15. The number of nitrogens with zero attached hydrogens (tertiary/aromatic N) is 3. The van der Waals surface area contributed by atoms with Gasteiger partial charge in [0.25, 0.3) is 5.69 Å². The maximum atomic E-state index is 10.7. The number of aromatic nitrogens is 2. The van der Waals surface area contributed by atoms with Crippen molar-refractivity contribution in [3.8, 4) is 5.88 Å². The predicted molar refractivity (Wildman–Crippen MR) is 78.2 cm³/mol. The monoisotopic (exact) mass is 288 g/mol.